The Balaban J connectivity index is 1.60. The minimum atomic E-state index is -0.0754. The van der Waals surface area contributed by atoms with Crippen LogP contribution in [0, 0.1) is 0 Å². The maximum Gasteiger partial charge on any atom is 0.236 e. The fraction of sp³-hybridized carbons (Fsp3) is 0.188. The van der Waals surface area contributed by atoms with E-state index in [1.807, 2.05) is 35.9 Å². The van der Waals surface area contributed by atoms with Crippen molar-refractivity contribution >= 4 is 46.3 Å². The summed E-state index contributed by atoms with van der Waals surface area (Å²) in [5.74, 6) is 1.59. The summed E-state index contributed by atoms with van der Waals surface area (Å²) in [7, 11) is 1.86. The highest BCUT2D eigenvalue weighted by molar-refractivity contribution is 7.99. The van der Waals surface area contributed by atoms with Crippen LogP contribution in [-0.2, 0) is 17.6 Å². The number of aryl methyl sites for hydroxylation is 1. The molecule has 1 aromatic carbocycles. The standard InChI is InChI=1S/C16H15ClN4OS/c1-21-14-3-2-12(17)8-13(14)19-16(21)20-15(22)10-23-9-11-4-6-18-7-5-11/h2-8H,9-10H2,1H3,(H,19,20,22). The van der Waals surface area contributed by atoms with E-state index in [-0.39, 0.29) is 5.91 Å². The van der Waals surface area contributed by atoms with Gasteiger partial charge in [-0.15, -0.1) is 11.8 Å². The Morgan fingerprint density at radius 1 is 1.30 bits per heavy atom. The molecular formula is C16H15ClN4OS. The van der Waals surface area contributed by atoms with Crippen molar-refractivity contribution in [2.45, 2.75) is 5.75 Å². The first kappa shape index (κ1) is 15.8. The van der Waals surface area contributed by atoms with E-state index in [9.17, 15) is 4.79 Å². The molecular weight excluding hydrogens is 332 g/mol. The van der Waals surface area contributed by atoms with Crippen LogP contribution >= 0.6 is 23.4 Å². The van der Waals surface area contributed by atoms with Gasteiger partial charge >= 0.3 is 0 Å². The number of hydrogen-bond acceptors (Lipinski definition) is 4. The first-order valence-corrected chi connectivity index (χ1v) is 8.55. The monoisotopic (exact) mass is 346 g/mol. The number of amides is 1. The number of hydrogen-bond donors (Lipinski definition) is 1. The molecule has 0 spiro atoms. The molecule has 3 aromatic rings. The van der Waals surface area contributed by atoms with E-state index in [0.717, 1.165) is 22.3 Å². The van der Waals surface area contributed by atoms with Gasteiger partial charge in [-0.2, -0.15) is 0 Å². The lowest BCUT2D eigenvalue weighted by molar-refractivity contribution is -0.113. The van der Waals surface area contributed by atoms with Crippen LogP contribution in [0.5, 0.6) is 0 Å². The number of halogens is 1. The molecule has 1 amide bonds. The first-order chi connectivity index (χ1) is 11.1. The maximum atomic E-state index is 12.1. The first-order valence-electron chi connectivity index (χ1n) is 7.02. The summed E-state index contributed by atoms with van der Waals surface area (Å²) in [4.78, 5) is 20.5. The smallest absolute Gasteiger partial charge is 0.236 e. The molecule has 0 bridgehead atoms. The second-order valence-corrected chi connectivity index (χ2v) is 6.45. The van der Waals surface area contributed by atoms with Gasteiger partial charge in [0.15, 0.2) is 0 Å². The average molecular weight is 347 g/mol. The van der Waals surface area contributed by atoms with Crippen LogP contribution in [0.15, 0.2) is 42.7 Å². The van der Waals surface area contributed by atoms with E-state index < -0.39 is 0 Å². The molecule has 0 unspecified atom stereocenters. The van der Waals surface area contributed by atoms with Crippen molar-refractivity contribution in [1.29, 1.82) is 0 Å². The third kappa shape index (κ3) is 3.83. The number of nitrogens with zero attached hydrogens (tertiary/aromatic N) is 3. The maximum absolute atomic E-state index is 12.1. The fourth-order valence-corrected chi connectivity index (χ4v) is 3.14. The molecule has 0 aliphatic rings. The fourth-order valence-electron chi connectivity index (χ4n) is 2.19. The molecule has 0 aliphatic heterocycles. The van der Waals surface area contributed by atoms with Crippen LogP contribution in [0.1, 0.15) is 5.56 Å². The number of pyridine rings is 1. The molecule has 1 N–H and O–H groups in total. The largest absolute Gasteiger partial charge is 0.313 e. The Hall–Kier alpha value is -2.05. The summed E-state index contributed by atoms with van der Waals surface area (Å²) in [5, 5.41) is 3.47. The van der Waals surface area contributed by atoms with Gasteiger partial charge in [-0.3, -0.25) is 15.1 Å². The van der Waals surface area contributed by atoms with Crippen molar-refractivity contribution in [2.75, 3.05) is 11.1 Å². The van der Waals surface area contributed by atoms with Crippen molar-refractivity contribution in [1.82, 2.24) is 14.5 Å². The Kier molecular flexibility index (Phi) is 4.83. The number of carbonyl (C=O) groups is 1. The van der Waals surface area contributed by atoms with Gasteiger partial charge < -0.3 is 4.57 Å². The van der Waals surface area contributed by atoms with Crippen molar-refractivity contribution in [3.05, 3.63) is 53.3 Å². The number of fused-ring (bicyclic) bond motifs is 1. The van der Waals surface area contributed by atoms with Crippen LogP contribution in [0.25, 0.3) is 11.0 Å². The number of benzene rings is 1. The van der Waals surface area contributed by atoms with Crippen molar-refractivity contribution in [3.8, 4) is 0 Å². The number of rotatable bonds is 5. The van der Waals surface area contributed by atoms with E-state index in [4.69, 9.17) is 11.6 Å². The number of nitrogens with one attached hydrogen (secondary N) is 1. The molecule has 2 heterocycles. The molecule has 118 valence electrons. The summed E-state index contributed by atoms with van der Waals surface area (Å²) in [6, 6.07) is 9.37. The minimum absolute atomic E-state index is 0.0754. The van der Waals surface area contributed by atoms with Gasteiger partial charge in [0.1, 0.15) is 0 Å². The van der Waals surface area contributed by atoms with Crippen LogP contribution in [-0.4, -0.2) is 26.2 Å². The Labute approximate surface area is 143 Å². The number of anilines is 1. The van der Waals surface area contributed by atoms with Crippen molar-refractivity contribution in [3.63, 3.8) is 0 Å². The lowest BCUT2D eigenvalue weighted by Crippen LogP contribution is -2.17. The molecule has 0 atom stereocenters. The predicted octanol–water partition coefficient (Wildman–Crippen LogP) is 3.49. The van der Waals surface area contributed by atoms with E-state index in [1.54, 1.807) is 30.2 Å². The second-order valence-electron chi connectivity index (χ2n) is 5.02. The molecule has 0 fully saturated rings. The molecule has 3 rings (SSSR count). The predicted molar refractivity (Wildman–Crippen MR) is 94.8 cm³/mol. The van der Waals surface area contributed by atoms with Crippen LogP contribution < -0.4 is 5.32 Å². The number of aromatic nitrogens is 3. The van der Waals surface area contributed by atoms with Gasteiger partial charge in [0.05, 0.1) is 16.8 Å². The minimum Gasteiger partial charge on any atom is -0.313 e. The third-order valence-electron chi connectivity index (χ3n) is 3.35. The van der Waals surface area contributed by atoms with Crippen LogP contribution in [0.3, 0.4) is 0 Å². The quantitative estimate of drug-likeness (QED) is 0.768. The summed E-state index contributed by atoms with van der Waals surface area (Å²) < 4.78 is 1.84. The zero-order valence-corrected chi connectivity index (χ0v) is 14.1. The lowest BCUT2D eigenvalue weighted by Gasteiger charge is -2.05. The van der Waals surface area contributed by atoms with Gasteiger partial charge in [-0.25, -0.2) is 4.98 Å². The van der Waals surface area contributed by atoms with E-state index >= 15 is 0 Å². The Morgan fingerprint density at radius 2 is 2.09 bits per heavy atom. The topological polar surface area (TPSA) is 59.8 Å². The van der Waals surface area contributed by atoms with Gasteiger partial charge in [0.2, 0.25) is 11.9 Å². The molecule has 23 heavy (non-hydrogen) atoms. The molecule has 0 saturated heterocycles. The second kappa shape index (κ2) is 7.02. The van der Waals surface area contributed by atoms with Gasteiger partial charge in [0, 0.05) is 30.2 Å². The van der Waals surface area contributed by atoms with Gasteiger partial charge in [-0.1, -0.05) is 11.6 Å². The highest BCUT2D eigenvalue weighted by atomic mass is 35.5. The number of imidazole rings is 1. The van der Waals surface area contributed by atoms with Gasteiger partial charge in [0.25, 0.3) is 0 Å². The summed E-state index contributed by atoms with van der Waals surface area (Å²) in [6.07, 6.45) is 3.50. The van der Waals surface area contributed by atoms with E-state index in [2.05, 4.69) is 15.3 Å². The third-order valence-corrected chi connectivity index (χ3v) is 4.58. The van der Waals surface area contributed by atoms with E-state index in [1.165, 1.54) is 0 Å². The lowest BCUT2D eigenvalue weighted by atomic mass is 10.3. The highest BCUT2D eigenvalue weighted by Crippen LogP contribution is 2.22. The highest BCUT2D eigenvalue weighted by Gasteiger charge is 2.11. The SMILES string of the molecule is Cn1c(NC(=O)CSCc2ccncc2)nc2cc(Cl)ccc21. The molecule has 0 aliphatic carbocycles. The Morgan fingerprint density at radius 3 is 2.87 bits per heavy atom. The summed E-state index contributed by atoms with van der Waals surface area (Å²) in [6.45, 7) is 0. The van der Waals surface area contributed by atoms with Crippen molar-refractivity contribution in [2.24, 2.45) is 7.05 Å². The molecule has 0 radical (unpaired) electrons. The molecule has 0 saturated carbocycles. The molecule has 5 nitrogen and oxygen atoms in total. The molecule has 2 aromatic heterocycles. The Bertz CT molecular complexity index is 835. The summed E-state index contributed by atoms with van der Waals surface area (Å²) in [5.41, 5.74) is 2.84. The number of thioether (sulfide) groups is 1. The molecule has 7 heteroatoms. The van der Waals surface area contributed by atoms with Gasteiger partial charge in [-0.05, 0) is 35.9 Å². The number of carbonyl (C=O) groups excluding carboxylic acids is 1. The van der Waals surface area contributed by atoms with E-state index in [0.29, 0.717) is 16.7 Å². The zero-order chi connectivity index (χ0) is 16.2. The zero-order valence-electron chi connectivity index (χ0n) is 12.5. The van der Waals surface area contributed by atoms with Crippen LogP contribution in [0.4, 0.5) is 5.95 Å². The average Bonchev–Trinajstić information content (AvgIpc) is 2.83. The normalized spacial score (nSPS) is 10.9. The van der Waals surface area contributed by atoms with Crippen LogP contribution in [0.2, 0.25) is 5.02 Å². The summed E-state index contributed by atoms with van der Waals surface area (Å²) >= 11 is 7.52. The van der Waals surface area contributed by atoms with Crippen molar-refractivity contribution < 1.29 is 4.79 Å².